The van der Waals surface area contributed by atoms with Crippen molar-refractivity contribution in [3.05, 3.63) is 54.4 Å². The number of benzene rings is 2. The van der Waals surface area contributed by atoms with Crippen LogP contribution in [0.15, 0.2) is 48.8 Å². The quantitative estimate of drug-likeness (QED) is 0.695. The van der Waals surface area contributed by atoms with E-state index in [1.165, 1.54) is 6.42 Å². The molecule has 146 valence electrons. The first-order valence-electron chi connectivity index (χ1n) is 9.84. The monoisotopic (exact) mass is 379 g/mol. The summed E-state index contributed by atoms with van der Waals surface area (Å²) in [5.74, 6) is 0.385. The van der Waals surface area contributed by atoms with E-state index in [1.807, 2.05) is 54.2 Å². The van der Waals surface area contributed by atoms with E-state index >= 15 is 0 Å². The lowest BCUT2D eigenvalue weighted by atomic mass is 10.0. The van der Waals surface area contributed by atoms with Crippen molar-refractivity contribution >= 4 is 22.4 Å². The summed E-state index contributed by atoms with van der Waals surface area (Å²) in [7, 11) is 0. The lowest BCUT2D eigenvalue weighted by Crippen LogP contribution is -2.24. The van der Waals surface area contributed by atoms with Crippen molar-refractivity contribution in [3.63, 3.8) is 0 Å². The highest BCUT2D eigenvalue weighted by Crippen LogP contribution is 2.29. The Morgan fingerprint density at radius 1 is 1.29 bits per heavy atom. The van der Waals surface area contributed by atoms with Gasteiger partial charge in [-0.15, -0.1) is 0 Å². The molecule has 1 N–H and O–H groups in total. The summed E-state index contributed by atoms with van der Waals surface area (Å²) in [6.07, 6.45) is 7.09. The normalized spacial score (nSPS) is 16.8. The number of carbonyl (C=O) groups is 1. The summed E-state index contributed by atoms with van der Waals surface area (Å²) in [5, 5.41) is 9.20. The van der Waals surface area contributed by atoms with E-state index in [-0.39, 0.29) is 12.0 Å². The second kappa shape index (κ2) is 8.44. The van der Waals surface area contributed by atoms with Crippen LogP contribution in [0.25, 0.3) is 10.8 Å². The molecule has 0 aliphatic carbocycles. The Kier molecular flexibility index (Phi) is 5.58. The number of nitrogens with zero attached hydrogens (tertiary/aromatic N) is 2. The minimum atomic E-state index is -0.200. The van der Waals surface area contributed by atoms with Gasteiger partial charge in [-0.3, -0.25) is 9.48 Å². The third-order valence-electron chi connectivity index (χ3n) is 4.97. The van der Waals surface area contributed by atoms with Crippen molar-refractivity contribution in [1.29, 1.82) is 0 Å². The molecule has 28 heavy (non-hydrogen) atoms. The molecule has 1 aliphatic heterocycles. The highest BCUT2D eigenvalue weighted by molar-refractivity contribution is 6.14. The largest absolute Gasteiger partial charge is 0.493 e. The number of hydrogen-bond donors (Lipinski definition) is 1. The second-order valence-corrected chi connectivity index (χ2v) is 6.99. The molecule has 0 spiro atoms. The maximum atomic E-state index is 13.1. The zero-order valence-electron chi connectivity index (χ0n) is 16.1. The molecule has 1 fully saturated rings. The van der Waals surface area contributed by atoms with Gasteiger partial charge < -0.3 is 14.8 Å². The zero-order chi connectivity index (χ0) is 19.3. The molecule has 4 rings (SSSR count). The number of rotatable bonds is 6. The molecule has 0 saturated carbocycles. The Balaban J connectivity index is 1.54. The van der Waals surface area contributed by atoms with Gasteiger partial charge in [0, 0.05) is 12.8 Å². The van der Waals surface area contributed by atoms with Crippen molar-refractivity contribution in [1.82, 2.24) is 9.78 Å². The number of aromatic nitrogens is 2. The average Bonchev–Trinajstić information content (AvgIpc) is 3.15. The van der Waals surface area contributed by atoms with E-state index in [0.717, 1.165) is 30.2 Å². The molecule has 6 nitrogen and oxygen atoms in total. The number of hydrogen-bond acceptors (Lipinski definition) is 4. The van der Waals surface area contributed by atoms with E-state index in [1.54, 1.807) is 6.20 Å². The van der Waals surface area contributed by atoms with Crippen LogP contribution in [0.5, 0.6) is 5.75 Å². The first-order valence-corrected chi connectivity index (χ1v) is 9.84. The average molecular weight is 379 g/mol. The highest BCUT2D eigenvalue weighted by Gasteiger charge is 2.18. The second-order valence-electron chi connectivity index (χ2n) is 6.99. The Hall–Kier alpha value is -2.86. The molecular weight excluding hydrogens is 354 g/mol. The zero-order valence-corrected chi connectivity index (χ0v) is 16.1. The van der Waals surface area contributed by atoms with Gasteiger partial charge in [-0.1, -0.05) is 30.3 Å². The number of anilines is 1. The van der Waals surface area contributed by atoms with Gasteiger partial charge in [0.1, 0.15) is 5.75 Å². The van der Waals surface area contributed by atoms with E-state index in [2.05, 4.69) is 10.4 Å². The van der Waals surface area contributed by atoms with Crippen molar-refractivity contribution in [2.75, 3.05) is 18.5 Å². The first kappa shape index (κ1) is 18.5. The smallest absolute Gasteiger partial charge is 0.260 e. The molecule has 1 aliphatic rings. The van der Waals surface area contributed by atoms with E-state index < -0.39 is 0 Å². The molecule has 2 heterocycles. The van der Waals surface area contributed by atoms with Crippen LogP contribution in [0.4, 0.5) is 5.69 Å². The van der Waals surface area contributed by atoms with Gasteiger partial charge in [-0.2, -0.15) is 5.10 Å². The molecule has 1 aromatic heterocycles. The fourth-order valence-corrected chi connectivity index (χ4v) is 3.64. The van der Waals surface area contributed by atoms with Crippen LogP contribution < -0.4 is 10.1 Å². The molecule has 1 saturated heterocycles. The van der Waals surface area contributed by atoms with Gasteiger partial charge in [-0.25, -0.2) is 0 Å². The molecule has 0 unspecified atom stereocenters. The minimum absolute atomic E-state index is 0.194. The predicted molar refractivity (Wildman–Crippen MR) is 109 cm³/mol. The highest BCUT2D eigenvalue weighted by atomic mass is 16.5. The summed E-state index contributed by atoms with van der Waals surface area (Å²) in [6, 6.07) is 11.6. The number of amides is 1. The molecule has 1 amide bonds. The van der Waals surface area contributed by atoms with Crippen molar-refractivity contribution < 1.29 is 14.3 Å². The van der Waals surface area contributed by atoms with Gasteiger partial charge >= 0.3 is 0 Å². The van der Waals surface area contributed by atoms with Gasteiger partial charge in [0.25, 0.3) is 5.91 Å². The number of nitrogens with one attached hydrogen (secondary N) is 1. The molecule has 6 heteroatoms. The summed E-state index contributed by atoms with van der Waals surface area (Å²) >= 11 is 0. The lowest BCUT2D eigenvalue weighted by molar-refractivity contribution is 0.00400. The van der Waals surface area contributed by atoms with E-state index in [9.17, 15) is 4.79 Å². The van der Waals surface area contributed by atoms with Crippen LogP contribution in [0, 0.1) is 0 Å². The first-order chi connectivity index (χ1) is 13.7. The van der Waals surface area contributed by atoms with Gasteiger partial charge in [-0.05, 0) is 43.0 Å². The number of carbonyl (C=O) groups excluding carboxylic acids is 1. The van der Waals surface area contributed by atoms with Crippen molar-refractivity contribution in [3.8, 4) is 5.75 Å². The Morgan fingerprint density at radius 3 is 3.00 bits per heavy atom. The van der Waals surface area contributed by atoms with Gasteiger partial charge in [0.05, 0.1) is 36.7 Å². The molecule has 0 bridgehead atoms. The summed E-state index contributed by atoms with van der Waals surface area (Å²) in [5.41, 5.74) is 1.21. The third-order valence-corrected chi connectivity index (χ3v) is 4.97. The minimum Gasteiger partial charge on any atom is -0.493 e. The summed E-state index contributed by atoms with van der Waals surface area (Å²) < 4.78 is 13.3. The van der Waals surface area contributed by atoms with Gasteiger partial charge in [0.15, 0.2) is 0 Å². The summed E-state index contributed by atoms with van der Waals surface area (Å²) in [4.78, 5) is 13.1. The SMILES string of the molecule is CCOc1ccc2ccccc2c1C(=O)Nc1cnn(C[C@@H]2CCCCO2)c1. The number of fused-ring (bicyclic) bond motifs is 1. The fraction of sp³-hybridized carbons (Fsp3) is 0.364. The van der Waals surface area contributed by atoms with Crippen LogP contribution in [0.3, 0.4) is 0 Å². The number of ether oxygens (including phenoxy) is 2. The summed E-state index contributed by atoms with van der Waals surface area (Å²) in [6.45, 7) is 3.93. The molecule has 2 aromatic carbocycles. The third kappa shape index (κ3) is 4.02. The van der Waals surface area contributed by atoms with E-state index in [4.69, 9.17) is 9.47 Å². The molecular formula is C22H25N3O3. The fourth-order valence-electron chi connectivity index (χ4n) is 3.64. The van der Waals surface area contributed by atoms with Crippen LogP contribution in [-0.4, -0.2) is 35.0 Å². The standard InChI is InChI=1S/C22H25N3O3/c1-2-27-20-11-10-16-7-3-4-9-19(16)21(20)22(26)24-17-13-23-25(14-17)15-18-8-5-6-12-28-18/h3-4,7,9-11,13-14,18H,2,5-6,8,12,15H2,1H3,(H,24,26)/t18-/m0/s1. The maximum Gasteiger partial charge on any atom is 0.260 e. The maximum absolute atomic E-state index is 13.1. The lowest BCUT2D eigenvalue weighted by Gasteiger charge is -2.22. The van der Waals surface area contributed by atoms with E-state index in [0.29, 0.717) is 30.2 Å². The Bertz CT molecular complexity index is 961. The Morgan fingerprint density at radius 2 is 2.18 bits per heavy atom. The van der Waals surface area contributed by atoms with Crippen molar-refractivity contribution in [2.45, 2.75) is 38.8 Å². The molecule has 1 atom stereocenters. The van der Waals surface area contributed by atoms with Crippen LogP contribution in [0.1, 0.15) is 36.5 Å². The Labute approximate surface area is 164 Å². The molecule has 3 aromatic rings. The topological polar surface area (TPSA) is 65.4 Å². The predicted octanol–water partition coefficient (Wildman–Crippen LogP) is 4.26. The van der Waals surface area contributed by atoms with Crippen LogP contribution >= 0.6 is 0 Å². The van der Waals surface area contributed by atoms with Crippen LogP contribution in [0.2, 0.25) is 0 Å². The van der Waals surface area contributed by atoms with Gasteiger partial charge in [0.2, 0.25) is 0 Å². The van der Waals surface area contributed by atoms with Crippen molar-refractivity contribution in [2.24, 2.45) is 0 Å². The van der Waals surface area contributed by atoms with Crippen LogP contribution in [-0.2, 0) is 11.3 Å². The molecule has 0 radical (unpaired) electrons.